The lowest BCUT2D eigenvalue weighted by molar-refractivity contribution is -0.128. The van der Waals surface area contributed by atoms with Crippen molar-refractivity contribution < 1.29 is 19.4 Å². The second-order valence-corrected chi connectivity index (χ2v) is 8.64. The van der Waals surface area contributed by atoms with Gasteiger partial charge in [0.05, 0.1) is 6.54 Å². The van der Waals surface area contributed by atoms with Gasteiger partial charge in [0.25, 0.3) is 0 Å². The Kier molecular flexibility index (Phi) is 6.78. The molecule has 0 bridgehead atoms. The largest absolute Gasteiger partial charge is 0.492 e. The molecule has 4 rings (SSSR count). The van der Waals surface area contributed by atoms with E-state index in [0.717, 1.165) is 31.0 Å². The summed E-state index contributed by atoms with van der Waals surface area (Å²) in [7, 11) is 0. The lowest BCUT2D eigenvalue weighted by Gasteiger charge is -2.18. The van der Waals surface area contributed by atoms with Gasteiger partial charge in [-0.3, -0.25) is 9.69 Å². The van der Waals surface area contributed by atoms with E-state index in [1.807, 2.05) is 29.2 Å². The predicted molar refractivity (Wildman–Crippen MR) is 119 cm³/mol. The average Bonchev–Trinajstić information content (AvgIpc) is 3.31. The van der Waals surface area contributed by atoms with E-state index < -0.39 is 6.10 Å². The van der Waals surface area contributed by atoms with Crippen LogP contribution in [-0.4, -0.2) is 65.8 Å². The van der Waals surface area contributed by atoms with E-state index in [1.54, 1.807) is 0 Å². The van der Waals surface area contributed by atoms with Crippen LogP contribution in [0.4, 0.5) is 0 Å². The Morgan fingerprint density at radius 3 is 2.52 bits per heavy atom. The first-order chi connectivity index (χ1) is 15.0. The summed E-state index contributed by atoms with van der Waals surface area (Å²) in [5.74, 6) is 1.85. The first kappa shape index (κ1) is 21.7. The summed E-state index contributed by atoms with van der Waals surface area (Å²) in [4.78, 5) is 15.7. The molecular weight excluding hydrogens is 392 g/mol. The number of likely N-dealkylation sites (tertiary alicyclic amines) is 2. The molecule has 2 fully saturated rings. The highest BCUT2D eigenvalue weighted by atomic mass is 16.5. The molecule has 31 heavy (non-hydrogen) atoms. The Bertz CT molecular complexity index is 899. The van der Waals surface area contributed by atoms with Crippen LogP contribution in [0.25, 0.3) is 0 Å². The molecule has 166 valence electrons. The molecule has 2 aliphatic heterocycles. The normalized spacial score (nSPS) is 21.6. The molecule has 6 heteroatoms. The summed E-state index contributed by atoms with van der Waals surface area (Å²) in [6.45, 7) is 8.20. The van der Waals surface area contributed by atoms with E-state index in [1.165, 1.54) is 16.7 Å². The highest BCUT2D eigenvalue weighted by molar-refractivity contribution is 5.78. The topological polar surface area (TPSA) is 62.2 Å². The van der Waals surface area contributed by atoms with Crippen molar-refractivity contribution in [3.8, 4) is 11.5 Å². The highest BCUT2D eigenvalue weighted by Crippen LogP contribution is 2.23. The van der Waals surface area contributed by atoms with Crippen LogP contribution in [0.1, 0.15) is 29.5 Å². The van der Waals surface area contributed by atoms with Gasteiger partial charge < -0.3 is 19.5 Å². The minimum absolute atomic E-state index is 0.224. The van der Waals surface area contributed by atoms with E-state index in [2.05, 4.69) is 36.9 Å². The van der Waals surface area contributed by atoms with Crippen LogP contribution in [0.2, 0.25) is 0 Å². The number of hydrogen-bond donors (Lipinski definition) is 1. The lowest BCUT2D eigenvalue weighted by atomic mass is 10.1. The van der Waals surface area contributed by atoms with Crippen LogP contribution < -0.4 is 9.47 Å². The molecular formula is C25H32N2O4. The summed E-state index contributed by atoms with van der Waals surface area (Å²) in [6, 6.07) is 14.1. The van der Waals surface area contributed by atoms with Crippen LogP contribution >= 0.6 is 0 Å². The van der Waals surface area contributed by atoms with Gasteiger partial charge in [0.15, 0.2) is 0 Å². The van der Waals surface area contributed by atoms with Crippen molar-refractivity contribution in [2.24, 2.45) is 0 Å². The maximum absolute atomic E-state index is 11.6. The van der Waals surface area contributed by atoms with Crippen molar-refractivity contribution in [3.05, 3.63) is 59.2 Å². The third-order valence-electron chi connectivity index (χ3n) is 6.21. The predicted octanol–water partition coefficient (Wildman–Crippen LogP) is 2.93. The van der Waals surface area contributed by atoms with Gasteiger partial charge in [-0.25, -0.2) is 0 Å². The number of rotatable bonds is 8. The first-order valence-electron chi connectivity index (χ1n) is 11.1. The van der Waals surface area contributed by atoms with E-state index in [9.17, 15) is 9.90 Å². The molecule has 0 unspecified atom stereocenters. The molecule has 0 saturated carbocycles. The second kappa shape index (κ2) is 9.71. The SMILES string of the molecule is Cc1ccc(O[C@H]2CN(Cc3ccc(OCCN4CCCC4=O)cc3)C[C@@H]2O)cc1C. The molecule has 2 aromatic carbocycles. The maximum atomic E-state index is 11.6. The molecule has 0 aromatic heterocycles. The standard InChI is InChI=1S/C25H32N2O4/c1-18-5-8-22(14-19(18)2)31-24-17-26(16-23(24)28)15-20-6-9-21(10-7-20)30-13-12-27-11-3-4-25(27)29/h5-10,14,23-24,28H,3-4,11-13,15-17H2,1-2H3/t23-,24-/m0/s1. The zero-order valence-corrected chi connectivity index (χ0v) is 18.4. The lowest BCUT2D eigenvalue weighted by Crippen LogP contribution is -2.30. The monoisotopic (exact) mass is 424 g/mol. The molecule has 0 radical (unpaired) electrons. The number of carbonyl (C=O) groups is 1. The number of β-amino-alcohol motifs (C(OH)–C–C–N with tert-alkyl or cyclic N) is 1. The highest BCUT2D eigenvalue weighted by Gasteiger charge is 2.33. The van der Waals surface area contributed by atoms with Crippen molar-refractivity contribution in [3.63, 3.8) is 0 Å². The van der Waals surface area contributed by atoms with Crippen LogP contribution in [0.3, 0.4) is 0 Å². The van der Waals surface area contributed by atoms with Gasteiger partial charge >= 0.3 is 0 Å². The van der Waals surface area contributed by atoms with Crippen molar-refractivity contribution in [1.29, 1.82) is 0 Å². The van der Waals surface area contributed by atoms with Gasteiger partial charge in [-0.05, 0) is 61.2 Å². The van der Waals surface area contributed by atoms with Gasteiger partial charge in [0, 0.05) is 32.6 Å². The van der Waals surface area contributed by atoms with E-state index >= 15 is 0 Å². The summed E-state index contributed by atoms with van der Waals surface area (Å²) in [5.41, 5.74) is 3.59. The molecule has 2 aliphatic rings. The summed E-state index contributed by atoms with van der Waals surface area (Å²) < 4.78 is 11.9. The van der Waals surface area contributed by atoms with Gasteiger partial charge in [-0.1, -0.05) is 18.2 Å². The second-order valence-electron chi connectivity index (χ2n) is 8.64. The molecule has 1 amide bonds. The number of carbonyl (C=O) groups excluding carboxylic acids is 1. The fraction of sp³-hybridized carbons (Fsp3) is 0.480. The number of aliphatic hydroxyl groups excluding tert-OH is 1. The summed E-state index contributed by atoms with van der Waals surface area (Å²) >= 11 is 0. The maximum Gasteiger partial charge on any atom is 0.222 e. The van der Waals surface area contributed by atoms with Gasteiger partial charge in [-0.2, -0.15) is 0 Å². The Labute approximate surface area is 184 Å². The zero-order chi connectivity index (χ0) is 21.8. The number of hydrogen-bond acceptors (Lipinski definition) is 5. The third kappa shape index (κ3) is 5.57. The van der Waals surface area contributed by atoms with Crippen molar-refractivity contribution in [1.82, 2.24) is 9.80 Å². The van der Waals surface area contributed by atoms with Gasteiger partial charge in [-0.15, -0.1) is 0 Å². The molecule has 0 aliphatic carbocycles. The van der Waals surface area contributed by atoms with E-state index in [-0.39, 0.29) is 12.0 Å². The van der Waals surface area contributed by atoms with Crippen molar-refractivity contribution in [2.45, 2.75) is 45.4 Å². The molecule has 0 spiro atoms. The number of ether oxygens (including phenoxy) is 2. The summed E-state index contributed by atoms with van der Waals surface area (Å²) in [5, 5.41) is 10.5. The number of amides is 1. The zero-order valence-electron chi connectivity index (χ0n) is 18.4. The minimum atomic E-state index is -0.502. The number of aryl methyl sites for hydroxylation is 2. The Morgan fingerprint density at radius 2 is 1.81 bits per heavy atom. The number of nitrogens with zero attached hydrogens (tertiary/aromatic N) is 2. The molecule has 2 atom stereocenters. The van der Waals surface area contributed by atoms with Crippen LogP contribution in [0.5, 0.6) is 11.5 Å². The van der Waals surface area contributed by atoms with E-state index in [0.29, 0.717) is 32.7 Å². The Hall–Kier alpha value is -2.57. The van der Waals surface area contributed by atoms with Crippen molar-refractivity contribution in [2.75, 3.05) is 32.8 Å². The van der Waals surface area contributed by atoms with Crippen LogP contribution in [-0.2, 0) is 11.3 Å². The van der Waals surface area contributed by atoms with Crippen molar-refractivity contribution >= 4 is 5.91 Å². The van der Waals surface area contributed by atoms with Gasteiger partial charge in [0.1, 0.15) is 30.3 Å². The summed E-state index contributed by atoms with van der Waals surface area (Å²) in [6.07, 6.45) is 0.890. The molecule has 1 N–H and O–H groups in total. The minimum Gasteiger partial charge on any atom is -0.492 e. The molecule has 2 heterocycles. The van der Waals surface area contributed by atoms with Crippen LogP contribution in [0, 0.1) is 13.8 Å². The quantitative estimate of drug-likeness (QED) is 0.706. The average molecular weight is 425 g/mol. The fourth-order valence-corrected chi connectivity index (χ4v) is 4.20. The third-order valence-corrected chi connectivity index (χ3v) is 6.21. The van der Waals surface area contributed by atoms with E-state index in [4.69, 9.17) is 9.47 Å². The van der Waals surface area contributed by atoms with Gasteiger partial charge in [0.2, 0.25) is 5.91 Å². The molecule has 2 saturated heterocycles. The van der Waals surface area contributed by atoms with Crippen LogP contribution in [0.15, 0.2) is 42.5 Å². The number of aliphatic hydroxyl groups is 1. The Balaban J connectivity index is 1.24. The Morgan fingerprint density at radius 1 is 1.03 bits per heavy atom. The molecule has 2 aromatic rings. The number of benzene rings is 2. The molecule has 6 nitrogen and oxygen atoms in total. The fourth-order valence-electron chi connectivity index (χ4n) is 4.20. The first-order valence-corrected chi connectivity index (χ1v) is 11.1. The smallest absolute Gasteiger partial charge is 0.222 e.